The molecule has 0 saturated carbocycles. The van der Waals surface area contributed by atoms with Crippen LogP contribution in [0.25, 0.3) is 0 Å². The molecule has 0 aliphatic carbocycles. The summed E-state index contributed by atoms with van der Waals surface area (Å²) in [7, 11) is 0. The van der Waals surface area contributed by atoms with Gasteiger partial charge in [0, 0.05) is 18.4 Å². The standard InChI is InChI=1S/C14H24BrN3O/c1-4-11(7-8-15)10-16-14(19)13-9-12(5-2)17-18(13)6-3/h9,11H,4-8,10H2,1-3H3,(H,16,19). The number of halogens is 1. The number of carbonyl (C=O) groups excluding carboxylic acids is 1. The van der Waals surface area contributed by atoms with Crippen molar-refractivity contribution >= 4 is 21.8 Å². The molecule has 1 aromatic rings. The molecule has 1 amide bonds. The minimum Gasteiger partial charge on any atom is -0.350 e. The van der Waals surface area contributed by atoms with Crippen molar-refractivity contribution in [2.24, 2.45) is 5.92 Å². The molecule has 108 valence electrons. The highest BCUT2D eigenvalue weighted by Gasteiger charge is 2.15. The molecule has 0 radical (unpaired) electrons. The van der Waals surface area contributed by atoms with Gasteiger partial charge in [-0.2, -0.15) is 5.10 Å². The highest BCUT2D eigenvalue weighted by molar-refractivity contribution is 9.09. The van der Waals surface area contributed by atoms with Crippen LogP contribution in [0.4, 0.5) is 0 Å². The van der Waals surface area contributed by atoms with Crippen LogP contribution in [-0.4, -0.2) is 27.6 Å². The number of aryl methyl sites for hydroxylation is 2. The smallest absolute Gasteiger partial charge is 0.269 e. The zero-order chi connectivity index (χ0) is 14.3. The number of rotatable bonds is 8. The molecule has 0 saturated heterocycles. The molecule has 19 heavy (non-hydrogen) atoms. The maximum atomic E-state index is 12.2. The number of aromatic nitrogens is 2. The normalized spacial score (nSPS) is 12.4. The average Bonchev–Trinajstić information content (AvgIpc) is 2.86. The maximum absolute atomic E-state index is 12.2. The average molecular weight is 330 g/mol. The molecular formula is C14H24BrN3O. The Morgan fingerprint density at radius 1 is 1.47 bits per heavy atom. The molecule has 0 bridgehead atoms. The molecule has 1 unspecified atom stereocenters. The number of carbonyl (C=O) groups is 1. The number of alkyl halides is 1. The number of amides is 1. The van der Waals surface area contributed by atoms with Gasteiger partial charge in [-0.15, -0.1) is 0 Å². The van der Waals surface area contributed by atoms with Gasteiger partial charge in [-0.25, -0.2) is 0 Å². The maximum Gasteiger partial charge on any atom is 0.269 e. The topological polar surface area (TPSA) is 46.9 Å². The third-order valence-corrected chi connectivity index (χ3v) is 3.83. The third-order valence-electron chi connectivity index (χ3n) is 3.37. The fourth-order valence-electron chi connectivity index (χ4n) is 2.00. The van der Waals surface area contributed by atoms with Gasteiger partial charge in [0.25, 0.3) is 5.91 Å². The first kappa shape index (κ1) is 16.2. The predicted octanol–water partition coefficient (Wildman–Crippen LogP) is 3.01. The summed E-state index contributed by atoms with van der Waals surface area (Å²) in [6.07, 6.45) is 3.03. The van der Waals surface area contributed by atoms with Crippen LogP contribution in [0.15, 0.2) is 6.07 Å². The zero-order valence-corrected chi connectivity index (χ0v) is 13.7. The molecule has 0 aliphatic heterocycles. The molecule has 0 aliphatic rings. The molecule has 0 spiro atoms. The first-order chi connectivity index (χ1) is 9.15. The molecule has 5 heteroatoms. The van der Waals surface area contributed by atoms with Crippen molar-refractivity contribution in [1.29, 1.82) is 0 Å². The monoisotopic (exact) mass is 329 g/mol. The fraction of sp³-hybridized carbons (Fsp3) is 0.714. The lowest BCUT2D eigenvalue weighted by Gasteiger charge is -2.14. The molecular weight excluding hydrogens is 306 g/mol. The lowest BCUT2D eigenvalue weighted by Crippen LogP contribution is -2.31. The van der Waals surface area contributed by atoms with E-state index in [1.807, 2.05) is 19.9 Å². The quantitative estimate of drug-likeness (QED) is 0.745. The van der Waals surface area contributed by atoms with E-state index in [1.54, 1.807) is 4.68 Å². The summed E-state index contributed by atoms with van der Waals surface area (Å²) in [5.74, 6) is 0.522. The van der Waals surface area contributed by atoms with Crippen molar-refractivity contribution in [3.05, 3.63) is 17.5 Å². The fourth-order valence-corrected chi connectivity index (χ4v) is 2.65. The van der Waals surface area contributed by atoms with Gasteiger partial charge < -0.3 is 5.32 Å². The van der Waals surface area contributed by atoms with E-state index < -0.39 is 0 Å². The SMILES string of the molecule is CCc1cc(C(=O)NCC(CC)CCBr)n(CC)n1. The van der Waals surface area contributed by atoms with Gasteiger partial charge in [0.2, 0.25) is 0 Å². The Kier molecular flexibility index (Phi) is 7.13. The Bertz CT molecular complexity index is 403. The minimum atomic E-state index is -0.0120. The minimum absolute atomic E-state index is 0.0120. The van der Waals surface area contributed by atoms with Crippen molar-refractivity contribution in [1.82, 2.24) is 15.1 Å². The molecule has 1 rings (SSSR count). The number of hydrogen-bond donors (Lipinski definition) is 1. The summed E-state index contributed by atoms with van der Waals surface area (Å²) in [6.45, 7) is 7.67. The van der Waals surface area contributed by atoms with Gasteiger partial charge in [-0.05, 0) is 31.7 Å². The summed E-state index contributed by atoms with van der Waals surface area (Å²) in [5, 5.41) is 8.41. The van der Waals surface area contributed by atoms with E-state index in [2.05, 4.69) is 33.3 Å². The Labute approximate surface area is 124 Å². The third kappa shape index (κ3) is 4.64. The molecule has 1 atom stereocenters. The van der Waals surface area contributed by atoms with Gasteiger partial charge >= 0.3 is 0 Å². The van der Waals surface area contributed by atoms with E-state index in [4.69, 9.17) is 0 Å². The largest absolute Gasteiger partial charge is 0.350 e. The van der Waals surface area contributed by atoms with Crippen LogP contribution in [0.3, 0.4) is 0 Å². The second-order valence-corrected chi connectivity index (χ2v) is 5.45. The van der Waals surface area contributed by atoms with Crippen molar-refractivity contribution in [2.45, 2.75) is 46.6 Å². The highest BCUT2D eigenvalue weighted by atomic mass is 79.9. The number of nitrogens with one attached hydrogen (secondary N) is 1. The van der Waals surface area contributed by atoms with E-state index in [1.165, 1.54) is 0 Å². The Morgan fingerprint density at radius 2 is 2.21 bits per heavy atom. The Balaban J connectivity index is 2.64. The molecule has 1 N–H and O–H groups in total. The second kappa shape index (κ2) is 8.35. The van der Waals surface area contributed by atoms with Gasteiger partial charge in [0.15, 0.2) is 0 Å². The Morgan fingerprint density at radius 3 is 2.74 bits per heavy atom. The van der Waals surface area contributed by atoms with Gasteiger partial charge in [-0.1, -0.05) is 36.2 Å². The van der Waals surface area contributed by atoms with Crippen LogP contribution in [0, 0.1) is 5.92 Å². The van der Waals surface area contributed by atoms with Gasteiger partial charge in [-0.3, -0.25) is 9.48 Å². The number of hydrogen-bond acceptors (Lipinski definition) is 2. The lowest BCUT2D eigenvalue weighted by atomic mass is 10.0. The van der Waals surface area contributed by atoms with Crippen molar-refractivity contribution in [3.63, 3.8) is 0 Å². The summed E-state index contributed by atoms with van der Waals surface area (Å²) in [4.78, 5) is 12.2. The van der Waals surface area contributed by atoms with Crippen LogP contribution < -0.4 is 5.32 Å². The number of nitrogens with zero attached hydrogens (tertiary/aromatic N) is 2. The van der Waals surface area contributed by atoms with E-state index in [9.17, 15) is 4.79 Å². The van der Waals surface area contributed by atoms with Crippen LogP contribution in [0.2, 0.25) is 0 Å². The summed E-state index contributed by atoms with van der Waals surface area (Å²) >= 11 is 3.45. The van der Waals surface area contributed by atoms with E-state index in [0.29, 0.717) is 11.6 Å². The van der Waals surface area contributed by atoms with E-state index >= 15 is 0 Å². The van der Waals surface area contributed by atoms with Crippen LogP contribution >= 0.6 is 15.9 Å². The molecule has 0 fully saturated rings. The van der Waals surface area contributed by atoms with E-state index in [0.717, 1.165) is 43.4 Å². The lowest BCUT2D eigenvalue weighted by molar-refractivity contribution is 0.0936. The first-order valence-corrected chi connectivity index (χ1v) is 8.19. The van der Waals surface area contributed by atoms with Gasteiger partial charge in [0.1, 0.15) is 5.69 Å². The molecule has 1 aromatic heterocycles. The van der Waals surface area contributed by atoms with Crippen molar-refractivity contribution in [2.75, 3.05) is 11.9 Å². The molecule has 0 aromatic carbocycles. The van der Waals surface area contributed by atoms with Gasteiger partial charge in [0.05, 0.1) is 5.69 Å². The predicted molar refractivity (Wildman–Crippen MR) is 81.8 cm³/mol. The molecule has 4 nitrogen and oxygen atoms in total. The van der Waals surface area contributed by atoms with Crippen molar-refractivity contribution in [3.8, 4) is 0 Å². The summed E-state index contributed by atoms with van der Waals surface area (Å²) in [5.41, 5.74) is 1.65. The highest BCUT2D eigenvalue weighted by Crippen LogP contribution is 2.10. The van der Waals surface area contributed by atoms with Crippen molar-refractivity contribution < 1.29 is 4.79 Å². The summed E-state index contributed by atoms with van der Waals surface area (Å²) in [6, 6.07) is 1.89. The van der Waals surface area contributed by atoms with E-state index in [-0.39, 0.29) is 5.91 Å². The Hall–Kier alpha value is -0.840. The van der Waals surface area contributed by atoms with Crippen LogP contribution in [-0.2, 0) is 13.0 Å². The molecule has 1 heterocycles. The summed E-state index contributed by atoms with van der Waals surface area (Å²) < 4.78 is 1.78. The van der Waals surface area contributed by atoms with Crippen LogP contribution in [0.5, 0.6) is 0 Å². The first-order valence-electron chi connectivity index (χ1n) is 7.07. The van der Waals surface area contributed by atoms with Crippen LogP contribution in [0.1, 0.15) is 49.8 Å². The second-order valence-electron chi connectivity index (χ2n) is 4.65. The zero-order valence-electron chi connectivity index (χ0n) is 12.1.